The van der Waals surface area contributed by atoms with Crippen LogP contribution in [0.25, 0.3) is 0 Å². The van der Waals surface area contributed by atoms with Gasteiger partial charge in [-0.05, 0) is 31.0 Å². The predicted octanol–water partition coefficient (Wildman–Crippen LogP) is 0.0874. The number of hydrogen-bond acceptors (Lipinski definition) is 4. The Kier molecular flexibility index (Phi) is 4.74. The summed E-state index contributed by atoms with van der Waals surface area (Å²) < 4.78 is 13.2. The fourth-order valence-electron chi connectivity index (χ4n) is 2.47. The highest BCUT2D eigenvalue weighted by Gasteiger charge is 2.22. The molecule has 0 aliphatic carbocycles. The summed E-state index contributed by atoms with van der Waals surface area (Å²) in [6, 6.07) is 3.78. The Balaban J connectivity index is 1.88. The summed E-state index contributed by atoms with van der Waals surface area (Å²) in [6.07, 6.45) is 1.45. The van der Waals surface area contributed by atoms with Crippen LogP contribution in [0, 0.1) is 5.82 Å². The highest BCUT2D eigenvalue weighted by Crippen LogP contribution is 2.13. The standard InChI is InChI=1S/C14H19FN4O2/c15-10-5-9(6-11(16)7-10)14(21)18-12-1-3-19(4-2-12)8-13(17)20/h5-7,12H,1-4,8,16H2,(H2,17,20)(H,18,21). The third-order valence-electron chi connectivity index (χ3n) is 3.48. The minimum Gasteiger partial charge on any atom is -0.399 e. The van der Waals surface area contributed by atoms with Crippen molar-refractivity contribution in [3.05, 3.63) is 29.6 Å². The van der Waals surface area contributed by atoms with Gasteiger partial charge in [-0.3, -0.25) is 14.5 Å². The molecule has 1 saturated heterocycles. The molecule has 0 aromatic heterocycles. The van der Waals surface area contributed by atoms with Crippen molar-refractivity contribution >= 4 is 17.5 Å². The smallest absolute Gasteiger partial charge is 0.251 e. The van der Waals surface area contributed by atoms with Crippen LogP contribution in [0.4, 0.5) is 10.1 Å². The highest BCUT2D eigenvalue weighted by molar-refractivity contribution is 5.95. The Morgan fingerprint density at radius 3 is 2.52 bits per heavy atom. The van der Waals surface area contributed by atoms with Gasteiger partial charge >= 0.3 is 0 Å². The van der Waals surface area contributed by atoms with Crippen molar-refractivity contribution in [2.24, 2.45) is 5.73 Å². The number of nitrogens with two attached hydrogens (primary N) is 2. The number of nitrogens with zero attached hydrogens (tertiary/aromatic N) is 1. The van der Waals surface area contributed by atoms with Crippen LogP contribution in [-0.2, 0) is 4.79 Å². The molecule has 1 fully saturated rings. The molecule has 2 amide bonds. The van der Waals surface area contributed by atoms with Gasteiger partial charge in [-0.2, -0.15) is 0 Å². The zero-order chi connectivity index (χ0) is 15.4. The van der Waals surface area contributed by atoms with Crippen molar-refractivity contribution in [2.75, 3.05) is 25.4 Å². The number of amides is 2. The summed E-state index contributed by atoms with van der Waals surface area (Å²) in [5.74, 6) is -1.22. The topological polar surface area (TPSA) is 101 Å². The van der Waals surface area contributed by atoms with E-state index in [-0.39, 0.29) is 35.7 Å². The summed E-state index contributed by atoms with van der Waals surface area (Å²) in [4.78, 5) is 24.8. The fraction of sp³-hybridized carbons (Fsp3) is 0.429. The number of nitrogen functional groups attached to an aromatic ring is 1. The van der Waals surface area contributed by atoms with Crippen molar-refractivity contribution in [3.8, 4) is 0 Å². The molecule has 114 valence electrons. The maximum atomic E-state index is 13.2. The first-order valence-electron chi connectivity index (χ1n) is 6.81. The van der Waals surface area contributed by atoms with Gasteiger partial charge in [0.25, 0.3) is 5.91 Å². The average molecular weight is 294 g/mol. The average Bonchev–Trinajstić information content (AvgIpc) is 2.39. The molecule has 0 atom stereocenters. The minimum absolute atomic E-state index is 0.00567. The van der Waals surface area contributed by atoms with Crippen molar-refractivity contribution in [1.82, 2.24) is 10.2 Å². The van der Waals surface area contributed by atoms with Gasteiger partial charge in [0.2, 0.25) is 5.91 Å². The van der Waals surface area contributed by atoms with E-state index in [4.69, 9.17) is 11.5 Å². The van der Waals surface area contributed by atoms with Crippen LogP contribution in [-0.4, -0.2) is 42.4 Å². The predicted molar refractivity (Wildman–Crippen MR) is 76.9 cm³/mol. The lowest BCUT2D eigenvalue weighted by molar-refractivity contribution is -0.119. The number of carbonyl (C=O) groups excluding carboxylic acids is 2. The van der Waals surface area contributed by atoms with E-state index in [0.29, 0.717) is 13.1 Å². The normalized spacial score (nSPS) is 16.6. The Morgan fingerprint density at radius 2 is 1.95 bits per heavy atom. The van der Waals surface area contributed by atoms with Crippen molar-refractivity contribution in [3.63, 3.8) is 0 Å². The SMILES string of the molecule is NC(=O)CN1CCC(NC(=O)c2cc(N)cc(F)c2)CC1. The first-order valence-corrected chi connectivity index (χ1v) is 6.81. The molecular weight excluding hydrogens is 275 g/mol. The lowest BCUT2D eigenvalue weighted by atomic mass is 10.0. The van der Waals surface area contributed by atoms with Gasteiger partial charge in [-0.25, -0.2) is 4.39 Å². The number of rotatable bonds is 4. The number of piperidine rings is 1. The molecule has 0 unspecified atom stereocenters. The van der Waals surface area contributed by atoms with Gasteiger partial charge in [0.1, 0.15) is 5.82 Å². The minimum atomic E-state index is -0.531. The van der Waals surface area contributed by atoms with Crippen molar-refractivity contribution in [1.29, 1.82) is 0 Å². The van der Waals surface area contributed by atoms with Gasteiger partial charge in [0, 0.05) is 30.4 Å². The van der Waals surface area contributed by atoms with Crippen molar-refractivity contribution < 1.29 is 14.0 Å². The third kappa shape index (κ3) is 4.42. The summed E-state index contributed by atoms with van der Waals surface area (Å²) in [5, 5.41) is 2.86. The molecule has 0 spiro atoms. The van der Waals surface area contributed by atoms with Crippen molar-refractivity contribution in [2.45, 2.75) is 18.9 Å². The fourth-order valence-corrected chi connectivity index (χ4v) is 2.47. The second kappa shape index (κ2) is 6.53. The Morgan fingerprint density at radius 1 is 1.29 bits per heavy atom. The molecule has 1 heterocycles. The van der Waals surface area contributed by atoms with Gasteiger partial charge in [0.05, 0.1) is 6.54 Å². The zero-order valence-corrected chi connectivity index (χ0v) is 11.6. The van der Waals surface area contributed by atoms with E-state index in [0.717, 1.165) is 18.9 Å². The van der Waals surface area contributed by atoms with Gasteiger partial charge < -0.3 is 16.8 Å². The first-order chi connectivity index (χ1) is 9.94. The number of nitrogens with one attached hydrogen (secondary N) is 1. The van der Waals surface area contributed by atoms with E-state index in [1.807, 2.05) is 4.90 Å². The summed E-state index contributed by atoms with van der Waals surface area (Å²) in [5.41, 5.74) is 11.1. The van der Waals surface area contributed by atoms with Crippen LogP contribution in [0.1, 0.15) is 23.2 Å². The summed E-state index contributed by atoms with van der Waals surface area (Å²) >= 11 is 0. The van der Waals surface area contributed by atoms with Gasteiger partial charge in [-0.15, -0.1) is 0 Å². The van der Waals surface area contributed by atoms with E-state index in [1.165, 1.54) is 12.1 Å². The summed E-state index contributed by atoms with van der Waals surface area (Å²) in [7, 11) is 0. The molecule has 5 N–H and O–H groups in total. The lowest BCUT2D eigenvalue weighted by Gasteiger charge is -2.31. The number of likely N-dealkylation sites (tertiary alicyclic amines) is 1. The zero-order valence-electron chi connectivity index (χ0n) is 11.6. The number of anilines is 1. The molecule has 21 heavy (non-hydrogen) atoms. The molecular formula is C14H19FN4O2. The van der Waals surface area contributed by atoms with Crippen LogP contribution in [0.2, 0.25) is 0 Å². The molecule has 1 aliphatic heterocycles. The largest absolute Gasteiger partial charge is 0.399 e. The third-order valence-corrected chi connectivity index (χ3v) is 3.48. The van der Waals surface area contributed by atoms with Crippen LogP contribution in [0.15, 0.2) is 18.2 Å². The second-order valence-electron chi connectivity index (χ2n) is 5.26. The number of benzene rings is 1. The van der Waals surface area contributed by atoms with E-state index >= 15 is 0 Å². The highest BCUT2D eigenvalue weighted by atomic mass is 19.1. The molecule has 6 nitrogen and oxygen atoms in total. The lowest BCUT2D eigenvalue weighted by Crippen LogP contribution is -2.46. The Bertz CT molecular complexity index is 522. The van der Waals surface area contributed by atoms with Crippen LogP contribution in [0.5, 0.6) is 0 Å². The molecule has 1 aromatic rings. The van der Waals surface area contributed by atoms with Gasteiger partial charge in [-0.1, -0.05) is 0 Å². The number of halogens is 1. The molecule has 0 saturated carbocycles. The molecule has 0 bridgehead atoms. The van der Waals surface area contributed by atoms with E-state index in [1.54, 1.807) is 0 Å². The van der Waals surface area contributed by atoms with E-state index in [9.17, 15) is 14.0 Å². The number of carbonyl (C=O) groups is 2. The maximum Gasteiger partial charge on any atom is 0.251 e. The van der Waals surface area contributed by atoms with Crippen LogP contribution >= 0.6 is 0 Å². The van der Waals surface area contributed by atoms with E-state index < -0.39 is 5.82 Å². The first kappa shape index (κ1) is 15.2. The van der Waals surface area contributed by atoms with Crippen LogP contribution in [0.3, 0.4) is 0 Å². The van der Waals surface area contributed by atoms with Crippen LogP contribution < -0.4 is 16.8 Å². The quantitative estimate of drug-likeness (QED) is 0.685. The molecule has 1 aromatic carbocycles. The summed E-state index contributed by atoms with van der Waals surface area (Å²) in [6.45, 7) is 1.62. The molecule has 1 aliphatic rings. The number of primary amides is 1. The Hall–Kier alpha value is -2.15. The monoisotopic (exact) mass is 294 g/mol. The molecule has 0 radical (unpaired) electrons. The van der Waals surface area contributed by atoms with E-state index in [2.05, 4.69) is 5.32 Å². The number of hydrogen-bond donors (Lipinski definition) is 3. The second-order valence-corrected chi connectivity index (χ2v) is 5.26. The molecule has 2 rings (SSSR count). The molecule has 7 heteroatoms. The van der Waals surface area contributed by atoms with Gasteiger partial charge in [0.15, 0.2) is 0 Å². The maximum absolute atomic E-state index is 13.2. The Labute approximate surface area is 122 Å².